The normalized spacial score (nSPS) is 10.6. The highest BCUT2D eigenvalue weighted by Crippen LogP contribution is 2.31. The molecule has 2 N–H and O–H groups in total. The van der Waals surface area contributed by atoms with Crippen molar-refractivity contribution in [3.8, 4) is 17.1 Å². The van der Waals surface area contributed by atoms with E-state index in [0.29, 0.717) is 17.2 Å². The summed E-state index contributed by atoms with van der Waals surface area (Å²) >= 11 is 0. The second-order valence-corrected chi connectivity index (χ2v) is 4.44. The van der Waals surface area contributed by atoms with Crippen molar-refractivity contribution in [3.05, 3.63) is 34.1 Å². The number of hydrogen-bond acceptors (Lipinski definition) is 6. The molecule has 0 aliphatic carbocycles. The maximum atomic E-state index is 10.9. The quantitative estimate of drug-likeness (QED) is 0.641. The van der Waals surface area contributed by atoms with Gasteiger partial charge in [-0.1, -0.05) is 6.92 Å². The second kappa shape index (κ2) is 6.31. The molecule has 2 aromatic rings. The highest BCUT2D eigenvalue weighted by atomic mass is 16.6. The predicted molar refractivity (Wildman–Crippen MR) is 76.8 cm³/mol. The minimum atomic E-state index is -0.481. The van der Waals surface area contributed by atoms with Gasteiger partial charge < -0.3 is 15.0 Å². The molecular formula is C13H17N5O3. The van der Waals surface area contributed by atoms with E-state index >= 15 is 0 Å². The first-order chi connectivity index (χ1) is 10.1. The van der Waals surface area contributed by atoms with Gasteiger partial charge in [-0.3, -0.25) is 10.1 Å². The number of ether oxygens (including phenoxy) is 1. The van der Waals surface area contributed by atoms with Crippen LogP contribution < -0.4 is 10.5 Å². The lowest BCUT2D eigenvalue weighted by molar-refractivity contribution is -0.385. The predicted octanol–water partition coefficient (Wildman–Crippen LogP) is 1.73. The van der Waals surface area contributed by atoms with Crippen LogP contribution in [0.15, 0.2) is 18.2 Å². The van der Waals surface area contributed by atoms with Crippen LogP contribution >= 0.6 is 0 Å². The Morgan fingerprint density at radius 1 is 1.43 bits per heavy atom. The van der Waals surface area contributed by atoms with E-state index in [1.807, 2.05) is 11.5 Å². The molecular weight excluding hydrogens is 274 g/mol. The summed E-state index contributed by atoms with van der Waals surface area (Å²) in [5, 5.41) is 19.1. The first-order valence-electron chi connectivity index (χ1n) is 6.57. The third-order valence-electron chi connectivity index (χ3n) is 3.09. The van der Waals surface area contributed by atoms with Crippen LogP contribution in [-0.4, -0.2) is 26.8 Å². The third-order valence-corrected chi connectivity index (χ3v) is 3.09. The van der Waals surface area contributed by atoms with Crippen molar-refractivity contribution in [2.75, 3.05) is 7.11 Å². The average molecular weight is 291 g/mol. The summed E-state index contributed by atoms with van der Waals surface area (Å²) in [4.78, 5) is 10.4. The van der Waals surface area contributed by atoms with Crippen LogP contribution in [0.3, 0.4) is 0 Å². The zero-order valence-electron chi connectivity index (χ0n) is 11.9. The first kappa shape index (κ1) is 14.9. The third kappa shape index (κ3) is 2.84. The van der Waals surface area contributed by atoms with Crippen LogP contribution in [0.25, 0.3) is 11.4 Å². The Morgan fingerprint density at radius 2 is 2.19 bits per heavy atom. The van der Waals surface area contributed by atoms with Crippen LogP contribution in [0.4, 0.5) is 5.69 Å². The minimum absolute atomic E-state index is 0.0816. The van der Waals surface area contributed by atoms with E-state index in [2.05, 4.69) is 10.2 Å². The Morgan fingerprint density at radius 3 is 2.76 bits per heavy atom. The fourth-order valence-electron chi connectivity index (χ4n) is 2.13. The molecule has 0 radical (unpaired) electrons. The number of aromatic nitrogens is 3. The zero-order valence-corrected chi connectivity index (χ0v) is 11.9. The monoisotopic (exact) mass is 291 g/mol. The van der Waals surface area contributed by atoms with E-state index in [-0.39, 0.29) is 18.0 Å². The molecule has 0 saturated carbocycles. The fourth-order valence-corrected chi connectivity index (χ4v) is 2.13. The van der Waals surface area contributed by atoms with Gasteiger partial charge in [-0.05, 0) is 18.6 Å². The van der Waals surface area contributed by atoms with Gasteiger partial charge in [0.15, 0.2) is 11.6 Å². The molecule has 0 atom stereocenters. The average Bonchev–Trinajstić information content (AvgIpc) is 2.89. The highest BCUT2D eigenvalue weighted by molar-refractivity contribution is 5.63. The Labute approximate surface area is 121 Å². The number of nitro benzene ring substituents is 1. The van der Waals surface area contributed by atoms with E-state index in [1.54, 1.807) is 12.1 Å². The number of methoxy groups -OCH3 is 1. The van der Waals surface area contributed by atoms with Gasteiger partial charge in [-0.25, -0.2) is 0 Å². The molecule has 8 heteroatoms. The SMILES string of the molecule is CCCn1c(CN)nnc1-c1ccc([N+](=O)[O-])c(OC)c1. The van der Waals surface area contributed by atoms with E-state index in [9.17, 15) is 10.1 Å². The molecule has 1 aromatic heterocycles. The van der Waals surface area contributed by atoms with Gasteiger partial charge in [-0.2, -0.15) is 0 Å². The van der Waals surface area contributed by atoms with Gasteiger partial charge in [-0.15, -0.1) is 10.2 Å². The van der Waals surface area contributed by atoms with Crippen molar-refractivity contribution in [1.29, 1.82) is 0 Å². The molecule has 0 spiro atoms. The number of rotatable bonds is 6. The lowest BCUT2D eigenvalue weighted by Crippen LogP contribution is -2.09. The van der Waals surface area contributed by atoms with Gasteiger partial charge in [0.05, 0.1) is 18.6 Å². The largest absolute Gasteiger partial charge is 0.490 e. The molecule has 0 saturated heterocycles. The molecule has 0 unspecified atom stereocenters. The summed E-state index contributed by atoms with van der Waals surface area (Å²) in [6.07, 6.45) is 0.905. The smallest absolute Gasteiger partial charge is 0.310 e. The van der Waals surface area contributed by atoms with Gasteiger partial charge >= 0.3 is 5.69 Å². The maximum Gasteiger partial charge on any atom is 0.310 e. The van der Waals surface area contributed by atoms with Gasteiger partial charge in [0.2, 0.25) is 0 Å². The molecule has 0 aliphatic rings. The molecule has 1 heterocycles. The summed E-state index contributed by atoms with van der Waals surface area (Å²) in [6.45, 7) is 3.06. The van der Waals surface area contributed by atoms with Crippen LogP contribution in [0.2, 0.25) is 0 Å². The number of nitro groups is 1. The van der Waals surface area contributed by atoms with Crippen molar-refractivity contribution < 1.29 is 9.66 Å². The van der Waals surface area contributed by atoms with Gasteiger partial charge in [0.25, 0.3) is 0 Å². The molecule has 0 aliphatic heterocycles. The Kier molecular flexibility index (Phi) is 4.49. The standard InChI is InChI=1S/C13H17N5O3/c1-3-6-17-12(8-14)15-16-13(17)9-4-5-10(18(19)20)11(7-9)21-2/h4-5,7H,3,6,8,14H2,1-2H3. The Hall–Kier alpha value is -2.48. The molecule has 112 valence electrons. The van der Waals surface area contributed by atoms with E-state index in [4.69, 9.17) is 10.5 Å². The lowest BCUT2D eigenvalue weighted by atomic mass is 10.1. The molecule has 0 fully saturated rings. The molecule has 1 aromatic carbocycles. The van der Waals surface area contributed by atoms with Crippen LogP contribution in [0, 0.1) is 10.1 Å². The van der Waals surface area contributed by atoms with Crippen molar-refractivity contribution >= 4 is 5.69 Å². The van der Waals surface area contributed by atoms with Crippen molar-refractivity contribution in [2.45, 2.75) is 26.4 Å². The summed E-state index contributed by atoms with van der Waals surface area (Å²) in [6, 6.07) is 4.63. The Bertz CT molecular complexity index is 653. The molecule has 0 amide bonds. The molecule has 2 rings (SSSR count). The van der Waals surface area contributed by atoms with E-state index < -0.39 is 4.92 Å². The highest BCUT2D eigenvalue weighted by Gasteiger charge is 2.18. The second-order valence-electron chi connectivity index (χ2n) is 4.44. The molecule has 21 heavy (non-hydrogen) atoms. The maximum absolute atomic E-state index is 10.9. The number of benzene rings is 1. The minimum Gasteiger partial charge on any atom is -0.490 e. The first-order valence-corrected chi connectivity index (χ1v) is 6.57. The van der Waals surface area contributed by atoms with Crippen LogP contribution in [0.1, 0.15) is 19.2 Å². The van der Waals surface area contributed by atoms with Crippen LogP contribution in [0.5, 0.6) is 5.75 Å². The fraction of sp³-hybridized carbons (Fsp3) is 0.385. The van der Waals surface area contributed by atoms with Crippen molar-refractivity contribution in [2.24, 2.45) is 5.73 Å². The van der Waals surface area contributed by atoms with Gasteiger partial charge in [0.1, 0.15) is 5.82 Å². The van der Waals surface area contributed by atoms with Crippen molar-refractivity contribution in [1.82, 2.24) is 14.8 Å². The van der Waals surface area contributed by atoms with Gasteiger partial charge in [0, 0.05) is 18.2 Å². The number of hydrogen-bond donors (Lipinski definition) is 1. The Balaban J connectivity index is 2.52. The number of nitrogens with zero attached hydrogens (tertiary/aromatic N) is 4. The summed E-state index contributed by atoms with van der Waals surface area (Å²) in [5.41, 5.74) is 6.28. The summed E-state index contributed by atoms with van der Waals surface area (Å²) in [5.74, 6) is 1.51. The van der Waals surface area contributed by atoms with Crippen LogP contribution in [-0.2, 0) is 13.1 Å². The molecule has 0 bridgehead atoms. The lowest BCUT2D eigenvalue weighted by Gasteiger charge is -2.09. The van der Waals surface area contributed by atoms with E-state index in [1.165, 1.54) is 13.2 Å². The topological polar surface area (TPSA) is 109 Å². The summed E-state index contributed by atoms with van der Waals surface area (Å²) in [7, 11) is 1.40. The zero-order chi connectivity index (χ0) is 15.4. The molecule has 8 nitrogen and oxygen atoms in total. The number of nitrogens with two attached hydrogens (primary N) is 1. The summed E-state index contributed by atoms with van der Waals surface area (Å²) < 4.78 is 7.00. The van der Waals surface area contributed by atoms with E-state index in [0.717, 1.165) is 13.0 Å². The van der Waals surface area contributed by atoms with Crippen molar-refractivity contribution in [3.63, 3.8) is 0 Å².